The number of aromatic amines is 1. The molecular weight excluding hydrogens is 336 g/mol. The second-order valence-electron chi connectivity index (χ2n) is 6.86. The quantitative estimate of drug-likeness (QED) is 0.824. The number of H-pyrrole nitrogens is 1. The lowest BCUT2D eigenvalue weighted by Gasteiger charge is -2.28. The number of aromatic nitrogens is 2. The third kappa shape index (κ3) is 4.41. The van der Waals surface area contributed by atoms with Gasteiger partial charge in [-0.2, -0.15) is 0 Å². The summed E-state index contributed by atoms with van der Waals surface area (Å²) in [6.07, 6.45) is 4.00. The van der Waals surface area contributed by atoms with Gasteiger partial charge in [-0.1, -0.05) is 37.6 Å². The number of hydrogen-bond donors (Lipinski definition) is 2. The van der Waals surface area contributed by atoms with Crippen LogP contribution in [0.15, 0.2) is 30.5 Å². The number of carbonyl (C=O) groups excluding carboxylic acids is 1. The molecule has 1 unspecified atom stereocenters. The minimum absolute atomic E-state index is 0.120. The molecule has 0 bridgehead atoms. The fraction of sp³-hybridized carbons (Fsp3) is 0.474. The van der Waals surface area contributed by atoms with E-state index >= 15 is 0 Å². The van der Waals surface area contributed by atoms with Crippen molar-refractivity contribution in [2.45, 2.75) is 38.6 Å². The Morgan fingerprint density at radius 3 is 2.76 bits per heavy atom. The van der Waals surface area contributed by atoms with Crippen molar-refractivity contribution in [1.82, 2.24) is 20.2 Å². The number of imidazole rings is 1. The molecule has 1 amide bonds. The second-order valence-corrected chi connectivity index (χ2v) is 7.30. The van der Waals surface area contributed by atoms with Crippen LogP contribution in [0.5, 0.6) is 0 Å². The lowest BCUT2D eigenvalue weighted by atomic mass is 10.1. The van der Waals surface area contributed by atoms with Crippen molar-refractivity contribution < 1.29 is 4.79 Å². The van der Waals surface area contributed by atoms with E-state index in [4.69, 9.17) is 11.6 Å². The average molecular weight is 361 g/mol. The molecule has 1 aromatic carbocycles. The zero-order valence-electron chi connectivity index (χ0n) is 14.8. The molecule has 1 aliphatic heterocycles. The highest BCUT2D eigenvalue weighted by Gasteiger charge is 2.24. The van der Waals surface area contributed by atoms with Gasteiger partial charge in [-0.15, -0.1) is 0 Å². The molecule has 1 aliphatic rings. The molecule has 5 nitrogen and oxygen atoms in total. The van der Waals surface area contributed by atoms with Gasteiger partial charge < -0.3 is 10.3 Å². The number of halogens is 1. The summed E-state index contributed by atoms with van der Waals surface area (Å²) in [6.45, 7) is 6.74. The van der Waals surface area contributed by atoms with Gasteiger partial charge >= 0.3 is 0 Å². The van der Waals surface area contributed by atoms with Crippen molar-refractivity contribution in [3.05, 3.63) is 52.6 Å². The third-order valence-corrected chi connectivity index (χ3v) is 4.89. The third-order valence-electron chi connectivity index (χ3n) is 4.66. The molecule has 134 valence electrons. The molecule has 1 aromatic heterocycles. The number of hydrogen-bond acceptors (Lipinski definition) is 3. The Labute approximate surface area is 153 Å². The molecule has 25 heavy (non-hydrogen) atoms. The van der Waals surface area contributed by atoms with Gasteiger partial charge in [0.05, 0.1) is 12.2 Å². The second kappa shape index (κ2) is 8.02. The summed E-state index contributed by atoms with van der Waals surface area (Å²) in [4.78, 5) is 22.2. The van der Waals surface area contributed by atoms with Gasteiger partial charge in [-0.3, -0.25) is 9.69 Å². The molecule has 0 aliphatic carbocycles. The Balaban J connectivity index is 1.70. The molecule has 2 N–H and O–H groups in total. The van der Waals surface area contributed by atoms with Gasteiger partial charge in [-0.25, -0.2) is 4.98 Å². The number of carbonyl (C=O) groups is 1. The number of nitrogens with zero attached hydrogens (tertiary/aromatic N) is 2. The molecule has 2 heterocycles. The summed E-state index contributed by atoms with van der Waals surface area (Å²) in [5.41, 5.74) is 1.65. The summed E-state index contributed by atoms with van der Waals surface area (Å²) >= 11 is 6.17. The van der Waals surface area contributed by atoms with Crippen molar-refractivity contribution in [3.63, 3.8) is 0 Å². The minimum atomic E-state index is -0.120. The fourth-order valence-electron chi connectivity index (χ4n) is 3.25. The molecule has 0 saturated carbocycles. The van der Waals surface area contributed by atoms with Crippen molar-refractivity contribution in [1.29, 1.82) is 0 Å². The first-order valence-corrected chi connectivity index (χ1v) is 9.25. The van der Waals surface area contributed by atoms with Gasteiger partial charge in [0.2, 0.25) is 0 Å². The van der Waals surface area contributed by atoms with Crippen molar-refractivity contribution in [2.75, 3.05) is 19.6 Å². The van der Waals surface area contributed by atoms with E-state index in [2.05, 4.69) is 26.3 Å². The van der Waals surface area contributed by atoms with Crippen LogP contribution < -0.4 is 5.32 Å². The molecular formula is C19H25ClN4O. The van der Waals surface area contributed by atoms with Crippen molar-refractivity contribution in [3.8, 4) is 0 Å². The SMILES string of the molecule is CC(C)c1ncc(C(=O)NCC(c2cccc(Cl)c2)N2CCCC2)[nH]1. The zero-order valence-corrected chi connectivity index (χ0v) is 15.5. The van der Waals surface area contributed by atoms with E-state index in [0.29, 0.717) is 12.2 Å². The largest absolute Gasteiger partial charge is 0.349 e. The predicted molar refractivity (Wildman–Crippen MR) is 100 cm³/mol. The van der Waals surface area contributed by atoms with Crippen LogP contribution in [-0.4, -0.2) is 40.4 Å². The maximum absolute atomic E-state index is 12.5. The summed E-state index contributed by atoms with van der Waals surface area (Å²) in [7, 11) is 0. The van der Waals surface area contributed by atoms with Crippen LogP contribution in [0, 0.1) is 0 Å². The predicted octanol–water partition coefficient (Wildman–Crippen LogP) is 3.75. The van der Waals surface area contributed by atoms with E-state index in [1.54, 1.807) is 6.20 Å². The Morgan fingerprint density at radius 2 is 2.12 bits per heavy atom. The van der Waals surface area contributed by atoms with Gasteiger partial charge in [0.25, 0.3) is 5.91 Å². The van der Waals surface area contributed by atoms with Crippen LogP contribution in [0.4, 0.5) is 0 Å². The van der Waals surface area contributed by atoms with E-state index in [-0.39, 0.29) is 17.9 Å². The number of amides is 1. The van der Waals surface area contributed by atoms with Crippen molar-refractivity contribution >= 4 is 17.5 Å². The van der Waals surface area contributed by atoms with E-state index in [1.165, 1.54) is 12.8 Å². The van der Waals surface area contributed by atoms with E-state index in [0.717, 1.165) is 29.5 Å². The monoisotopic (exact) mass is 360 g/mol. The molecule has 0 radical (unpaired) electrons. The van der Waals surface area contributed by atoms with E-state index in [9.17, 15) is 4.79 Å². The molecule has 1 atom stereocenters. The average Bonchev–Trinajstić information content (AvgIpc) is 3.27. The van der Waals surface area contributed by atoms with Crippen molar-refractivity contribution in [2.24, 2.45) is 0 Å². The van der Waals surface area contributed by atoms with Gasteiger partial charge in [0.15, 0.2) is 0 Å². The zero-order chi connectivity index (χ0) is 17.8. The highest BCUT2D eigenvalue weighted by atomic mass is 35.5. The fourth-order valence-corrected chi connectivity index (χ4v) is 3.45. The molecule has 2 aromatic rings. The Morgan fingerprint density at radius 1 is 1.36 bits per heavy atom. The maximum atomic E-state index is 12.5. The topological polar surface area (TPSA) is 61.0 Å². The van der Waals surface area contributed by atoms with Gasteiger partial charge in [0, 0.05) is 17.5 Å². The Bertz CT molecular complexity index is 722. The molecule has 3 rings (SSSR count). The van der Waals surface area contributed by atoms with Gasteiger partial charge in [-0.05, 0) is 43.6 Å². The lowest BCUT2D eigenvalue weighted by molar-refractivity contribution is 0.0933. The van der Waals surface area contributed by atoms with Crippen LogP contribution in [0.3, 0.4) is 0 Å². The summed E-state index contributed by atoms with van der Waals surface area (Å²) in [6, 6.07) is 8.05. The Kier molecular flexibility index (Phi) is 5.76. The molecule has 6 heteroatoms. The summed E-state index contributed by atoms with van der Waals surface area (Å²) < 4.78 is 0. The normalized spacial score (nSPS) is 16.3. The summed E-state index contributed by atoms with van der Waals surface area (Å²) in [5, 5.41) is 3.78. The van der Waals surface area contributed by atoms with Crippen LogP contribution in [0.25, 0.3) is 0 Å². The number of nitrogens with one attached hydrogen (secondary N) is 2. The molecule has 1 fully saturated rings. The highest BCUT2D eigenvalue weighted by molar-refractivity contribution is 6.30. The van der Waals surface area contributed by atoms with Crippen LogP contribution in [0.1, 0.15) is 60.5 Å². The van der Waals surface area contributed by atoms with Gasteiger partial charge in [0.1, 0.15) is 11.5 Å². The number of rotatable bonds is 6. The first kappa shape index (κ1) is 18.0. The van der Waals surface area contributed by atoms with Crippen LogP contribution in [-0.2, 0) is 0 Å². The first-order chi connectivity index (χ1) is 12.0. The lowest BCUT2D eigenvalue weighted by Crippen LogP contribution is -2.37. The first-order valence-electron chi connectivity index (χ1n) is 8.87. The standard InChI is InChI=1S/C19H25ClN4O/c1-13(2)18-21-11-16(23-18)19(25)22-12-17(24-8-3-4-9-24)14-6-5-7-15(20)10-14/h5-7,10-11,13,17H,3-4,8-9,12H2,1-2H3,(H,21,23)(H,22,25). The molecule has 0 spiro atoms. The number of benzene rings is 1. The van der Waals surface area contributed by atoms with Crippen LogP contribution in [0.2, 0.25) is 5.02 Å². The molecule has 1 saturated heterocycles. The smallest absolute Gasteiger partial charge is 0.269 e. The summed E-state index contributed by atoms with van der Waals surface area (Å²) in [5.74, 6) is 0.979. The van der Waals surface area contributed by atoms with E-state index < -0.39 is 0 Å². The highest BCUT2D eigenvalue weighted by Crippen LogP contribution is 2.26. The Hall–Kier alpha value is -1.85. The van der Waals surface area contributed by atoms with E-state index in [1.807, 2.05) is 32.0 Å². The minimum Gasteiger partial charge on any atom is -0.349 e. The maximum Gasteiger partial charge on any atom is 0.269 e. The van der Waals surface area contributed by atoms with Crippen LogP contribution >= 0.6 is 11.6 Å². The number of likely N-dealkylation sites (tertiary alicyclic amines) is 1.